The van der Waals surface area contributed by atoms with Gasteiger partial charge in [-0.15, -0.1) is 0 Å². The first-order valence-electron chi connectivity index (χ1n) is 9.11. The van der Waals surface area contributed by atoms with Gasteiger partial charge in [-0.05, 0) is 47.9 Å². The van der Waals surface area contributed by atoms with Crippen LogP contribution in [0.4, 0.5) is 0 Å². The fourth-order valence-corrected chi connectivity index (χ4v) is 3.39. The Morgan fingerprint density at radius 2 is 2.14 bits per heavy atom. The molecule has 4 rings (SSSR count). The fraction of sp³-hybridized carbons (Fsp3) is 0.136. The Labute approximate surface area is 172 Å². The van der Waals surface area contributed by atoms with Crippen LogP contribution in [0.15, 0.2) is 59.3 Å². The number of hydrogen-bond acceptors (Lipinski definition) is 4. The molecule has 0 saturated carbocycles. The van der Waals surface area contributed by atoms with Crippen LogP contribution in [0.3, 0.4) is 0 Å². The van der Waals surface area contributed by atoms with E-state index >= 15 is 0 Å². The molecular weight excluding hydrogens is 388 g/mol. The van der Waals surface area contributed by atoms with Crippen LogP contribution in [-0.2, 0) is 12.8 Å². The third-order valence-electron chi connectivity index (χ3n) is 4.64. The number of aromatic nitrogens is 2. The number of benzene rings is 2. The second kappa shape index (κ2) is 8.21. The summed E-state index contributed by atoms with van der Waals surface area (Å²) in [4.78, 5) is 15.6. The van der Waals surface area contributed by atoms with E-state index in [1.165, 1.54) is 0 Å². The summed E-state index contributed by atoms with van der Waals surface area (Å²) in [6.07, 6.45) is 3.06. The van der Waals surface area contributed by atoms with E-state index in [2.05, 4.69) is 21.5 Å². The lowest BCUT2D eigenvalue weighted by atomic mass is 10.1. The van der Waals surface area contributed by atoms with E-state index < -0.39 is 0 Å². The van der Waals surface area contributed by atoms with E-state index in [0.717, 1.165) is 22.0 Å². The lowest BCUT2D eigenvalue weighted by Gasteiger charge is -2.02. The van der Waals surface area contributed by atoms with E-state index in [4.69, 9.17) is 21.4 Å². The normalized spacial score (nSPS) is 10.8. The van der Waals surface area contributed by atoms with Crippen molar-refractivity contribution >= 4 is 28.4 Å². The van der Waals surface area contributed by atoms with Gasteiger partial charge in [0.25, 0.3) is 5.91 Å². The molecule has 4 aromatic rings. The summed E-state index contributed by atoms with van der Waals surface area (Å²) in [6, 6.07) is 16.7. The first-order chi connectivity index (χ1) is 14.1. The molecular formula is C22H17ClN4O2. The van der Waals surface area contributed by atoms with Gasteiger partial charge in [-0.25, -0.2) is 0 Å². The zero-order valence-corrected chi connectivity index (χ0v) is 16.2. The van der Waals surface area contributed by atoms with Crippen LogP contribution in [0.1, 0.15) is 32.9 Å². The number of carbonyl (C=O) groups is 1. The summed E-state index contributed by atoms with van der Waals surface area (Å²) < 4.78 is 5.27. The first-order valence-corrected chi connectivity index (χ1v) is 9.48. The fourth-order valence-electron chi connectivity index (χ4n) is 3.21. The average molecular weight is 405 g/mol. The molecule has 6 nitrogen and oxygen atoms in total. The van der Waals surface area contributed by atoms with Gasteiger partial charge >= 0.3 is 0 Å². The van der Waals surface area contributed by atoms with Crippen LogP contribution in [0, 0.1) is 11.3 Å². The predicted molar refractivity (Wildman–Crippen MR) is 110 cm³/mol. The molecule has 0 aliphatic carbocycles. The number of carbonyl (C=O) groups excluding carboxylic acids is 1. The molecule has 0 radical (unpaired) electrons. The number of halogens is 1. The average Bonchev–Trinajstić information content (AvgIpc) is 3.35. The van der Waals surface area contributed by atoms with Crippen molar-refractivity contribution in [1.29, 1.82) is 5.26 Å². The van der Waals surface area contributed by atoms with Crippen LogP contribution in [-0.4, -0.2) is 22.6 Å². The van der Waals surface area contributed by atoms with Crippen molar-refractivity contribution in [2.24, 2.45) is 0 Å². The zero-order valence-electron chi connectivity index (χ0n) is 15.4. The molecule has 0 bridgehead atoms. The summed E-state index contributed by atoms with van der Waals surface area (Å²) in [7, 11) is 0. The number of nitrogens with one attached hydrogen (secondary N) is 2. The minimum Gasteiger partial charge on any atom is -0.361 e. The minimum absolute atomic E-state index is 0.235. The molecule has 7 heteroatoms. The molecule has 0 atom stereocenters. The van der Waals surface area contributed by atoms with Crippen molar-refractivity contribution in [3.05, 3.63) is 87.9 Å². The maximum atomic E-state index is 12.4. The quantitative estimate of drug-likeness (QED) is 0.502. The van der Waals surface area contributed by atoms with Crippen LogP contribution in [0.2, 0.25) is 5.02 Å². The first kappa shape index (κ1) is 18.8. The molecule has 2 aromatic heterocycles. The molecule has 29 heavy (non-hydrogen) atoms. The number of nitrogens with zero attached hydrogens (tertiary/aromatic N) is 2. The number of hydrogen-bond donors (Lipinski definition) is 2. The highest BCUT2D eigenvalue weighted by Gasteiger charge is 2.13. The summed E-state index contributed by atoms with van der Waals surface area (Å²) in [5.74, 6) is 0.278. The number of H-pyrrole nitrogens is 1. The second-order valence-corrected chi connectivity index (χ2v) is 7.11. The van der Waals surface area contributed by atoms with E-state index in [9.17, 15) is 4.79 Å². The van der Waals surface area contributed by atoms with Crippen molar-refractivity contribution in [3.8, 4) is 6.07 Å². The lowest BCUT2D eigenvalue weighted by Crippen LogP contribution is -2.25. The van der Waals surface area contributed by atoms with Crippen molar-refractivity contribution in [1.82, 2.24) is 15.5 Å². The molecule has 1 amide bonds. The van der Waals surface area contributed by atoms with E-state index in [0.29, 0.717) is 35.7 Å². The van der Waals surface area contributed by atoms with Gasteiger partial charge in [0, 0.05) is 41.2 Å². The van der Waals surface area contributed by atoms with E-state index in [1.54, 1.807) is 18.2 Å². The van der Waals surface area contributed by atoms with Gasteiger partial charge in [-0.3, -0.25) is 4.79 Å². The number of fused-ring (bicyclic) bond motifs is 1. The summed E-state index contributed by atoms with van der Waals surface area (Å²) in [6.45, 7) is 0.463. The topological polar surface area (TPSA) is 94.7 Å². The molecule has 0 unspecified atom stereocenters. The number of nitriles is 1. The molecule has 0 spiro atoms. The highest BCUT2D eigenvalue weighted by atomic mass is 35.5. The molecule has 0 aliphatic heterocycles. The van der Waals surface area contributed by atoms with Crippen LogP contribution >= 0.6 is 11.6 Å². The van der Waals surface area contributed by atoms with Crippen LogP contribution in [0.5, 0.6) is 0 Å². The van der Waals surface area contributed by atoms with Crippen molar-refractivity contribution in [2.45, 2.75) is 12.8 Å². The lowest BCUT2D eigenvalue weighted by molar-refractivity contribution is 0.0945. The van der Waals surface area contributed by atoms with Crippen LogP contribution < -0.4 is 5.32 Å². The Morgan fingerprint density at radius 1 is 1.24 bits per heavy atom. The smallest absolute Gasteiger partial charge is 0.273 e. The number of rotatable bonds is 6. The molecule has 0 saturated heterocycles. The third kappa shape index (κ3) is 4.31. The maximum Gasteiger partial charge on any atom is 0.273 e. The highest BCUT2D eigenvalue weighted by molar-refractivity contribution is 6.31. The monoisotopic (exact) mass is 404 g/mol. The van der Waals surface area contributed by atoms with E-state index in [1.807, 2.05) is 36.5 Å². The summed E-state index contributed by atoms with van der Waals surface area (Å²) in [5, 5.41) is 17.4. The third-order valence-corrected chi connectivity index (χ3v) is 4.87. The van der Waals surface area contributed by atoms with Crippen molar-refractivity contribution < 1.29 is 9.32 Å². The Kier molecular flexibility index (Phi) is 5.32. The highest BCUT2D eigenvalue weighted by Crippen LogP contribution is 2.22. The Balaban J connectivity index is 1.35. The number of amides is 1. The predicted octanol–water partition coefficient (Wildman–Crippen LogP) is 4.24. The molecule has 2 aromatic carbocycles. The van der Waals surface area contributed by atoms with Crippen molar-refractivity contribution in [3.63, 3.8) is 0 Å². The Hall–Kier alpha value is -3.56. The Bertz CT molecular complexity index is 1220. The second-order valence-electron chi connectivity index (χ2n) is 6.68. The molecule has 2 heterocycles. The van der Waals surface area contributed by atoms with Crippen LogP contribution in [0.25, 0.3) is 10.9 Å². The molecule has 0 aliphatic rings. The molecule has 2 N–H and O–H groups in total. The molecule has 144 valence electrons. The van der Waals surface area contributed by atoms with Gasteiger partial charge in [0.2, 0.25) is 0 Å². The standard InChI is InChI=1S/C22H17ClN4O2/c23-17-4-5-20-19(10-17)16(13-26-20)6-7-25-22(28)21-11-18(29-27-21)9-14-2-1-3-15(8-14)12-24/h1-5,8,10-11,13,26H,6-7,9H2,(H,25,28). The van der Waals surface area contributed by atoms with Gasteiger partial charge in [-0.2, -0.15) is 5.26 Å². The zero-order chi connectivity index (χ0) is 20.2. The minimum atomic E-state index is -0.288. The van der Waals surface area contributed by atoms with Gasteiger partial charge in [0.15, 0.2) is 5.69 Å². The van der Waals surface area contributed by atoms with Gasteiger partial charge in [0.1, 0.15) is 5.76 Å². The summed E-state index contributed by atoms with van der Waals surface area (Å²) >= 11 is 6.07. The van der Waals surface area contributed by atoms with E-state index in [-0.39, 0.29) is 11.6 Å². The molecule has 0 fully saturated rings. The summed E-state index contributed by atoms with van der Waals surface area (Å²) in [5.41, 5.74) is 3.83. The van der Waals surface area contributed by atoms with Gasteiger partial charge in [-0.1, -0.05) is 28.9 Å². The largest absolute Gasteiger partial charge is 0.361 e. The van der Waals surface area contributed by atoms with Gasteiger partial charge < -0.3 is 14.8 Å². The van der Waals surface area contributed by atoms with Crippen molar-refractivity contribution in [2.75, 3.05) is 6.54 Å². The SMILES string of the molecule is N#Cc1cccc(Cc2cc(C(=O)NCCc3c[nH]c4ccc(Cl)cc34)no2)c1. The van der Waals surface area contributed by atoms with Gasteiger partial charge in [0.05, 0.1) is 11.6 Å². The number of aromatic amines is 1. The maximum absolute atomic E-state index is 12.4. The Morgan fingerprint density at radius 3 is 3.00 bits per heavy atom.